The summed E-state index contributed by atoms with van der Waals surface area (Å²) in [6.07, 6.45) is 1.42. The number of aromatic amines is 1. The number of carbonyl (C=O) groups excluding carboxylic acids is 1. The minimum Gasteiger partial charge on any atom is -0.322 e. The Hall–Kier alpha value is -3.26. The molecule has 0 aliphatic carbocycles. The average molecular weight is 389 g/mol. The van der Waals surface area contributed by atoms with Crippen LogP contribution in [0.4, 0.5) is 14.5 Å². The first-order valence-corrected chi connectivity index (χ1v) is 8.22. The molecule has 0 bridgehead atoms. The van der Waals surface area contributed by atoms with E-state index in [0.29, 0.717) is 32.9 Å². The van der Waals surface area contributed by atoms with Crippen molar-refractivity contribution in [3.8, 4) is 0 Å². The fourth-order valence-electron chi connectivity index (χ4n) is 2.81. The summed E-state index contributed by atoms with van der Waals surface area (Å²) in [4.78, 5) is 28.9. The normalized spacial score (nSPS) is 11.2. The van der Waals surface area contributed by atoms with Crippen LogP contribution in [-0.2, 0) is 11.3 Å². The number of aromatic nitrogens is 3. The van der Waals surface area contributed by atoms with Gasteiger partial charge in [0, 0.05) is 22.7 Å². The number of H-pyrrole nitrogens is 1. The SMILES string of the molecule is O=C(Cn1[nH]c2c(cnc3ccc(Cl)cc32)c1=O)Nc1ccc(F)cc1F. The van der Waals surface area contributed by atoms with Gasteiger partial charge in [0.15, 0.2) is 0 Å². The lowest BCUT2D eigenvalue weighted by atomic mass is 10.2. The number of rotatable bonds is 3. The van der Waals surface area contributed by atoms with Crippen LogP contribution in [0.25, 0.3) is 21.8 Å². The van der Waals surface area contributed by atoms with Crippen molar-refractivity contribution in [2.45, 2.75) is 6.54 Å². The molecule has 0 aliphatic heterocycles. The molecule has 0 spiro atoms. The third-order valence-corrected chi connectivity index (χ3v) is 4.29. The third-order valence-electron chi connectivity index (χ3n) is 4.06. The summed E-state index contributed by atoms with van der Waals surface area (Å²) in [6.45, 7) is -0.383. The smallest absolute Gasteiger partial charge is 0.276 e. The van der Waals surface area contributed by atoms with Gasteiger partial charge in [-0.15, -0.1) is 0 Å². The molecule has 27 heavy (non-hydrogen) atoms. The molecule has 2 aromatic heterocycles. The topological polar surface area (TPSA) is 79.8 Å². The number of fused-ring (bicyclic) bond motifs is 3. The molecule has 0 unspecified atom stereocenters. The van der Waals surface area contributed by atoms with Crippen LogP contribution in [0.15, 0.2) is 47.4 Å². The molecule has 2 aromatic carbocycles. The Kier molecular flexibility index (Phi) is 4.12. The van der Waals surface area contributed by atoms with Crippen molar-refractivity contribution in [1.29, 1.82) is 0 Å². The van der Waals surface area contributed by atoms with Crippen LogP contribution in [0.2, 0.25) is 5.02 Å². The predicted octanol–water partition coefficient (Wildman–Crippen LogP) is 3.45. The van der Waals surface area contributed by atoms with E-state index in [1.807, 2.05) is 0 Å². The highest BCUT2D eigenvalue weighted by molar-refractivity contribution is 6.31. The molecule has 136 valence electrons. The molecule has 2 N–H and O–H groups in total. The monoisotopic (exact) mass is 388 g/mol. The van der Waals surface area contributed by atoms with Crippen molar-refractivity contribution in [1.82, 2.24) is 14.8 Å². The summed E-state index contributed by atoms with van der Waals surface area (Å²) in [6, 6.07) is 7.86. The number of halogens is 3. The van der Waals surface area contributed by atoms with Crippen LogP contribution < -0.4 is 10.9 Å². The van der Waals surface area contributed by atoms with E-state index in [1.165, 1.54) is 6.20 Å². The average Bonchev–Trinajstić information content (AvgIpc) is 2.94. The van der Waals surface area contributed by atoms with Crippen LogP contribution in [0.5, 0.6) is 0 Å². The van der Waals surface area contributed by atoms with Crippen molar-refractivity contribution in [3.05, 3.63) is 69.6 Å². The third kappa shape index (κ3) is 3.15. The highest BCUT2D eigenvalue weighted by atomic mass is 35.5. The van der Waals surface area contributed by atoms with Gasteiger partial charge in [0.05, 0.1) is 22.1 Å². The minimum absolute atomic E-state index is 0.176. The van der Waals surface area contributed by atoms with Gasteiger partial charge in [-0.2, -0.15) is 0 Å². The van der Waals surface area contributed by atoms with Gasteiger partial charge < -0.3 is 5.32 Å². The van der Waals surface area contributed by atoms with E-state index in [2.05, 4.69) is 15.4 Å². The number of hydrogen-bond donors (Lipinski definition) is 2. The Bertz CT molecular complexity index is 1270. The van der Waals surface area contributed by atoms with Crippen molar-refractivity contribution < 1.29 is 13.6 Å². The molecular weight excluding hydrogens is 378 g/mol. The fourth-order valence-corrected chi connectivity index (χ4v) is 2.99. The van der Waals surface area contributed by atoms with E-state index in [4.69, 9.17) is 11.6 Å². The summed E-state index contributed by atoms with van der Waals surface area (Å²) in [5, 5.41) is 6.59. The number of pyridine rings is 1. The Morgan fingerprint density at radius 2 is 2.00 bits per heavy atom. The van der Waals surface area contributed by atoms with Gasteiger partial charge in [0.25, 0.3) is 5.56 Å². The molecule has 4 aromatic rings. The Labute approximate surface area is 155 Å². The Morgan fingerprint density at radius 1 is 1.19 bits per heavy atom. The second-order valence-corrected chi connectivity index (χ2v) is 6.32. The van der Waals surface area contributed by atoms with Crippen LogP contribution in [0.1, 0.15) is 0 Å². The fraction of sp³-hybridized carbons (Fsp3) is 0.0556. The molecule has 9 heteroatoms. The molecule has 0 radical (unpaired) electrons. The standard InChI is InChI=1S/C18H11ClF2N4O2/c19-9-1-3-14-11(5-9)17-12(7-22-14)18(27)25(24-17)8-16(26)23-15-4-2-10(20)6-13(15)21/h1-7,24H,8H2,(H,23,26). The summed E-state index contributed by atoms with van der Waals surface area (Å²) >= 11 is 6.01. The molecule has 0 saturated carbocycles. The lowest BCUT2D eigenvalue weighted by molar-refractivity contribution is -0.117. The van der Waals surface area contributed by atoms with Gasteiger partial charge in [-0.1, -0.05) is 11.6 Å². The van der Waals surface area contributed by atoms with Crippen LogP contribution in [-0.4, -0.2) is 20.7 Å². The number of nitrogens with one attached hydrogen (secondary N) is 2. The first-order chi connectivity index (χ1) is 12.9. The van der Waals surface area contributed by atoms with Crippen LogP contribution in [0.3, 0.4) is 0 Å². The summed E-state index contributed by atoms with van der Waals surface area (Å²) in [5.74, 6) is -2.31. The predicted molar refractivity (Wildman–Crippen MR) is 97.9 cm³/mol. The zero-order valence-electron chi connectivity index (χ0n) is 13.6. The molecule has 4 rings (SSSR count). The Balaban J connectivity index is 1.68. The molecule has 1 amide bonds. The van der Waals surface area contributed by atoms with E-state index in [1.54, 1.807) is 18.2 Å². The van der Waals surface area contributed by atoms with Crippen molar-refractivity contribution >= 4 is 45.0 Å². The van der Waals surface area contributed by atoms with Crippen LogP contribution in [0, 0.1) is 11.6 Å². The zero-order chi connectivity index (χ0) is 19.1. The van der Waals surface area contributed by atoms with E-state index in [9.17, 15) is 18.4 Å². The Morgan fingerprint density at radius 3 is 2.78 bits per heavy atom. The summed E-state index contributed by atoms with van der Waals surface area (Å²) < 4.78 is 27.7. The van der Waals surface area contributed by atoms with E-state index >= 15 is 0 Å². The van der Waals surface area contributed by atoms with Gasteiger partial charge in [-0.05, 0) is 30.3 Å². The number of anilines is 1. The summed E-state index contributed by atoms with van der Waals surface area (Å²) in [5.41, 5.74) is 0.505. The molecule has 0 saturated heterocycles. The van der Waals surface area contributed by atoms with Gasteiger partial charge in [0.2, 0.25) is 5.91 Å². The van der Waals surface area contributed by atoms with E-state index in [0.717, 1.165) is 16.8 Å². The number of nitrogens with zero attached hydrogens (tertiary/aromatic N) is 2. The first kappa shape index (κ1) is 17.2. The van der Waals surface area contributed by atoms with Gasteiger partial charge in [-0.25, -0.2) is 13.5 Å². The molecule has 0 atom stereocenters. The van der Waals surface area contributed by atoms with Crippen molar-refractivity contribution in [2.24, 2.45) is 0 Å². The number of benzene rings is 2. The van der Waals surface area contributed by atoms with E-state index < -0.39 is 23.1 Å². The molecular formula is C18H11ClF2N4O2. The zero-order valence-corrected chi connectivity index (χ0v) is 14.3. The van der Waals surface area contributed by atoms with Gasteiger partial charge >= 0.3 is 0 Å². The number of hydrogen-bond acceptors (Lipinski definition) is 3. The largest absolute Gasteiger partial charge is 0.322 e. The first-order valence-electron chi connectivity index (χ1n) is 7.84. The molecule has 0 aliphatic rings. The van der Waals surface area contributed by atoms with Crippen molar-refractivity contribution in [3.63, 3.8) is 0 Å². The van der Waals surface area contributed by atoms with E-state index in [-0.39, 0.29) is 12.2 Å². The molecule has 6 nitrogen and oxygen atoms in total. The lowest BCUT2D eigenvalue weighted by Gasteiger charge is -2.06. The van der Waals surface area contributed by atoms with Gasteiger partial charge in [-0.3, -0.25) is 19.7 Å². The quantitative estimate of drug-likeness (QED) is 0.564. The second kappa shape index (κ2) is 6.48. The molecule has 0 fully saturated rings. The van der Waals surface area contributed by atoms with Crippen LogP contribution >= 0.6 is 11.6 Å². The minimum atomic E-state index is -0.905. The summed E-state index contributed by atoms with van der Waals surface area (Å²) in [7, 11) is 0. The highest BCUT2D eigenvalue weighted by Gasteiger charge is 2.14. The lowest BCUT2D eigenvalue weighted by Crippen LogP contribution is -2.26. The maximum atomic E-state index is 13.7. The van der Waals surface area contributed by atoms with Crippen molar-refractivity contribution in [2.75, 3.05) is 5.32 Å². The molecule has 2 heterocycles. The van der Waals surface area contributed by atoms with Gasteiger partial charge in [0.1, 0.15) is 18.2 Å². The number of amides is 1. The second-order valence-electron chi connectivity index (χ2n) is 5.88. The maximum Gasteiger partial charge on any atom is 0.276 e. The number of carbonyl (C=O) groups is 1. The highest BCUT2D eigenvalue weighted by Crippen LogP contribution is 2.23. The maximum absolute atomic E-state index is 13.7.